The highest BCUT2D eigenvalue weighted by Gasteiger charge is 2.32. The summed E-state index contributed by atoms with van der Waals surface area (Å²) < 4.78 is 25.7. The lowest BCUT2D eigenvalue weighted by Gasteiger charge is -2.09. The maximum atomic E-state index is 12.9. The van der Waals surface area contributed by atoms with Crippen molar-refractivity contribution >= 4 is 16.6 Å². The molecule has 2 rings (SSSR count). The summed E-state index contributed by atoms with van der Waals surface area (Å²) in [5.74, 6) is -4.46. The van der Waals surface area contributed by atoms with E-state index >= 15 is 0 Å². The Hall–Kier alpha value is -1.77. The van der Waals surface area contributed by atoms with Gasteiger partial charge in [0.25, 0.3) is 0 Å². The van der Waals surface area contributed by atoms with Gasteiger partial charge in [0.2, 0.25) is 5.78 Å². The monoisotopic (exact) mass is 220 g/mol. The molecule has 0 spiro atoms. The van der Waals surface area contributed by atoms with Gasteiger partial charge in [0.1, 0.15) is 0 Å². The fraction of sp³-hybridized carbons (Fsp3) is 0.154. The second kappa shape index (κ2) is 3.67. The number of ketones is 1. The van der Waals surface area contributed by atoms with E-state index in [2.05, 4.69) is 0 Å². The Morgan fingerprint density at radius 1 is 1.06 bits per heavy atom. The Labute approximate surface area is 91.7 Å². The number of hydrogen-bond donors (Lipinski definition) is 0. The average Bonchev–Trinajstić information content (AvgIpc) is 2.26. The molecule has 16 heavy (non-hydrogen) atoms. The van der Waals surface area contributed by atoms with Gasteiger partial charge in [-0.1, -0.05) is 36.4 Å². The molecular weight excluding hydrogens is 210 g/mol. The van der Waals surface area contributed by atoms with E-state index in [1.54, 1.807) is 18.2 Å². The number of halogens is 2. The number of hydrogen-bond acceptors (Lipinski definition) is 1. The van der Waals surface area contributed by atoms with Gasteiger partial charge in [0, 0.05) is 12.5 Å². The van der Waals surface area contributed by atoms with E-state index in [1.165, 1.54) is 12.1 Å². The molecule has 0 bridgehead atoms. The molecule has 0 aliphatic rings. The minimum absolute atomic E-state index is 0.0474. The van der Waals surface area contributed by atoms with Crippen LogP contribution < -0.4 is 0 Å². The van der Waals surface area contributed by atoms with Crippen LogP contribution in [0.25, 0.3) is 10.8 Å². The van der Waals surface area contributed by atoms with Gasteiger partial charge in [-0.25, -0.2) is 0 Å². The summed E-state index contributed by atoms with van der Waals surface area (Å²) in [6, 6.07) is 11.9. The quantitative estimate of drug-likeness (QED) is 0.705. The molecule has 0 radical (unpaired) electrons. The molecule has 0 N–H and O–H groups in total. The van der Waals surface area contributed by atoms with Crippen molar-refractivity contribution in [2.45, 2.75) is 12.8 Å². The van der Waals surface area contributed by atoms with Crippen LogP contribution in [-0.2, 0) is 0 Å². The molecule has 82 valence electrons. The number of Topliss-reactive ketones (excluding diaryl/α,β-unsaturated/α-hetero) is 1. The number of alkyl halides is 2. The number of benzene rings is 2. The van der Waals surface area contributed by atoms with Crippen molar-refractivity contribution in [3.05, 3.63) is 48.0 Å². The average molecular weight is 220 g/mol. The van der Waals surface area contributed by atoms with E-state index in [0.29, 0.717) is 6.92 Å². The van der Waals surface area contributed by atoms with E-state index in [1.807, 2.05) is 12.1 Å². The molecule has 0 aliphatic carbocycles. The largest absolute Gasteiger partial charge is 0.307 e. The van der Waals surface area contributed by atoms with E-state index in [4.69, 9.17) is 0 Å². The highest BCUT2D eigenvalue weighted by molar-refractivity contribution is 6.03. The minimum Gasteiger partial charge on any atom is -0.287 e. The van der Waals surface area contributed by atoms with Gasteiger partial charge >= 0.3 is 5.92 Å². The van der Waals surface area contributed by atoms with Gasteiger partial charge in [0.15, 0.2) is 0 Å². The van der Waals surface area contributed by atoms with Crippen molar-refractivity contribution in [2.75, 3.05) is 0 Å². The Balaban J connectivity index is 2.52. The van der Waals surface area contributed by atoms with Crippen LogP contribution in [0.1, 0.15) is 17.3 Å². The Bertz CT molecular complexity index is 541. The fourth-order valence-corrected chi connectivity index (χ4v) is 1.58. The molecule has 0 amide bonds. The van der Waals surface area contributed by atoms with Crippen LogP contribution in [-0.4, -0.2) is 11.7 Å². The second-order valence-electron chi connectivity index (χ2n) is 3.78. The van der Waals surface area contributed by atoms with Crippen LogP contribution >= 0.6 is 0 Å². The Kier molecular flexibility index (Phi) is 2.46. The van der Waals surface area contributed by atoms with E-state index in [9.17, 15) is 13.6 Å². The van der Waals surface area contributed by atoms with Gasteiger partial charge < -0.3 is 0 Å². The molecule has 0 aromatic heterocycles. The minimum atomic E-state index is -3.32. The number of carbonyl (C=O) groups is 1. The van der Waals surface area contributed by atoms with Crippen molar-refractivity contribution < 1.29 is 13.6 Å². The van der Waals surface area contributed by atoms with E-state index in [-0.39, 0.29) is 5.56 Å². The van der Waals surface area contributed by atoms with Gasteiger partial charge in [0.05, 0.1) is 0 Å². The molecule has 0 unspecified atom stereocenters. The molecule has 0 saturated heterocycles. The predicted octanol–water partition coefficient (Wildman–Crippen LogP) is 3.68. The summed E-state index contributed by atoms with van der Waals surface area (Å²) in [6.07, 6.45) is 0. The zero-order valence-electron chi connectivity index (χ0n) is 8.71. The van der Waals surface area contributed by atoms with Crippen LogP contribution in [0.15, 0.2) is 42.5 Å². The maximum Gasteiger partial charge on any atom is 0.307 e. The van der Waals surface area contributed by atoms with Crippen molar-refractivity contribution in [1.82, 2.24) is 0 Å². The summed E-state index contributed by atoms with van der Waals surface area (Å²) >= 11 is 0. The van der Waals surface area contributed by atoms with Crippen LogP contribution in [0.3, 0.4) is 0 Å². The van der Waals surface area contributed by atoms with Gasteiger partial charge in [-0.2, -0.15) is 8.78 Å². The molecule has 2 aromatic rings. The molecule has 2 aromatic carbocycles. The van der Waals surface area contributed by atoms with Crippen molar-refractivity contribution in [3.63, 3.8) is 0 Å². The van der Waals surface area contributed by atoms with E-state index < -0.39 is 11.7 Å². The van der Waals surface area contributed by atoms with Crippen molar-refractivity contribution in [2.24, 2.45) is 0 Å². The normalized spacial score (nSPS) is 11.7. The SMILES string of the molecule is CC(F)(F)C(=O)c1ccc2ccccc2c1. The lowest BCUT2D eigenvalue weighted by atomic mass is 10.0. The summed E-state index contributed by atoms with van der Waals surface area (Å²) in [7, 11) is 0. The van der Waals surface area contributed by atoms with E-state index in [0.717, 1.165) is 10.8 Å². The first-order valence-corrected chi connectivity index (χ1v) is 4.90. The van der Waals surface area contributed by atoms with Crippen LogP contribution in [0, 0.1) is 0 Å². The fourth-order valence-electron chi connectivity index (χ4n) is 1.58. The lowest BCUT2D eigenvalue weighted by Crippen LogP contribution is -2.24. The third-order valence-electron chi connectivity index (χ3n) is 2.41. The highest BCUT2D eigenvalue weighted by atomic mass is 19.3. The van der Waals surface area contributed by atoms with Crippen LogP contribution in [0.2, 0.25) is 0 Å². The third kappa shape index (κ3) is 1.94. The molecule has 3 heteroatoms. The van der Waals surface area contributed by atoms with Crippen molar-refractivity contribution in [3.8, 4) is 0 Å². The highest BCUT2D eigenvalue weighted by Crippen LogP contribution is 2.22. The first-order chi connectivity index (χ1) is 7.48. The Morgan fingerprint density at radius 3 is 2.31 bits per heavy atom. The number of rotatable bonds is 2. The Morgan fingerprint density at radius 2 is 1.69 bits per heavy atom. The molecule has 0 saturated carbocycles. The summed E-state index contributed by atoms with van der Waals surface area (Å²) in [4.78, 5) is 11.4. The molecular formula is C13H10F2O. The third-order valence-corrected chi connectivity index (χ3v) is 2.41. The predicted molar refractivity (Wildman–Crippen MR) is 58.9 cm³/mol. The van der Waals surface area contributed by atoms with Gasteiger partial charge in [-0.3, -0.25) is 4.79 Å². The molecule has 0 aliphatic heterocycles. The van der Waals surface area contributed by atoms with Crippen LogP contribution in [0.4, 0.5) is 8.78 Å². The standard InChI is InChI=1S/C13H10F2O/c1-13(14,15)12(16)11-7-6-9-4-2-3-5-10(9)8-11/h2-8H,1H3. The van der Waals surface area contributed by atoms with Gasteiger partial charge in [-0.05, 0) is 16.8 Å². The van der Waals surface area contributed by atoms with Gasteiger partial charge in [-0.15, -0.1) is 0 Å². The maximum absolute atomic E-state index is 12.9. The summed E-state index contributed by atoms with van der Waals surface area (Å²) in [6.45, 7) is 0.616. The topological polar surface area (TPSA) is 17.1 Å². The van der Waals surface area contributed by atoms with Crippen molar-refractivity contribution in [1.29, 1.82) is 0 Å². The smallest absolute Gasteiger partial charge is 0.287 e. The van der Waals surface area contributed by atoms with Crippen LogP contribution in [0.5, 0.6) is 0 Å². The molecule has 0 atom stereocenters. The zero-order chi connectivity index (χ0) is 11.8. The first-order valence-electron chi connectivity index (χ1n) is 4.90. The molecule has 0 heterocycles. The molecule has 1 nitrogen and oxygen atoms in total. The zero-order valence-corrected chi connectivity index (χ0v) is 8.71. The molecule has 0 fully saturated rings. The second-order valence-corrected chi connectivity index (χ2v) is 3.78. The summed E-state index contributed by atoms with van der Waals surface area (Å²) in [5.41, 5.74) is 0.0474. The number of fused-ring (bicyclic) bond motifs is 1. The lowest BCUT2D eigenvalue weighted by molar-refractivity contribution is 0.0222. The number of carbonyl (C=O) groups excluding carboxylic acids is 1. The first kappa shape index (κ1) is 10.7. The summed E-state index contributed by atoms with van der Waals surface area (Å²) in [5, 5.41) is 1.72.